The maximum Gasteiger partial charge on any atom is 0.375 e. The molecule has 1 heterocycles. The highest BCUT2D eigenvalue weighted by molar-refractivity contribution is 7.59. The summed E-state index contributed by atoms with van der Waals surface area (Å²) in [6.45, 7) is 3.41. The second-order valence-electron chi connectivity index (χ2n) is 3.12. The lowest BCUT2D eigenvalue weighted by molar-refractivity contribution is 0.227. The Bertz CT molecular complexity index is 490. The van der Waals surface area contributed by atoms with Crippen LogP contribution in [-0.4, -0.2) is 18.3 Å². The van der Waals surface area contributed by atoms with Gasteiger partial charge in [-0.1, -0.05) is 0 Å². The quantitative estimate of drug-likeness (QED) is 0.484. The second-order valence-corrected chi connectivity index (χ2v) is 5.08. The van der Waals surface area contributed by atoms with Crippen molar-refractivity contribution in [1.29, 1.82) is 5.26 Å². The van der Waals surface area contributed by atoms with Crippen LogP contribution in [0, 0.1) is 11.3 Å². The number of allylic oxidation sites excluding steroid dienone is 1. The number of nitriles is 1. The zero-order valence-corrected chi connectivity index (χ0v) is 11.0. The van der Waals surface area contributed by atoms with Crippen LogP contribution < -0.4 is 0 Å². The molecule has 0 saturated carbocycles. The van der Waals surface area contributed by atoms with Crippen LogP contribution in [0.1, 0.15) is 19.6 Å². The number of rotatable bonds is 6. The first-order valence-electron chi connectivity index (χ1n) is 5.36. The van der Waals surface area contributed by atoms with Crippen molar-refractivity contribution in [2.24, 2.45) is 0 Å². The van der Waals surface area contributed by atoms with Crippen LogP contribution in [0.15, 0.2) is 28.1 Å². The monoisotopic (exact) mass is 271 g/mol. The van der Waals surface area contributed by atoms with Crippen LogP contribution in [0.5, 0.6) is 0 Å². The molecule has 0 saturated heterocycles. The number of furan rings is 1. The third-order valence-electron chi connectivity index (χ3n) is 1.96. The molecule has 0 fully saturated rings. The van der Waals surface area contributed by atoms with Gasteiger partial charge in [-0.15, -0.1) is 0 Å². The molecule has 1 aromatic rings. The molecule has 98 valence electrons. The molecule has 0 aliphatic carbocycles. The lowest BCUT2D eigenvalue weighted by Crippen LogP contribution is -2.00. The summed E-state index contributed by atoms with van der Waals surface area (Å²) < 4.78 is 27.3. The predicted octanol–water partition coefficient (Wildman–Crippen LogP) is 3.30. The minimum atomic E-state index is -3.82. The lowest BCUT2D eigenvalue weighted by atomic mass is 10.3. The third kappa shape index (κ3) is 3.02. The molecule has 7 heteroatoms. The van der Waals surface area contributed by atoms with Crippen molar-refractivity contribution < 1.29 is 23.1 Å². The smallest absolute Gasteiger partial charge is 0.375 e. The van der Waals surface area contributed by atoms with Crippen molar-refractivity contribution >= 4 is 13.4 Å². The Kier molecular flexibility index (Phi) is 5.17. The Labute approximate surface area is 105 Å². The topological polar surface area (TPSA) is 92.7 Å². The molecule has 1 N–H and O–H groups in total. The largest absolute Gasteiger partial charge is 0.503 e. The van der Waals surface area contributed by atoms with E-state index >= 15 is 0 Å². The summed E-state index contributed by atoms with van der Waals surface area (Å²) in [7, 11) is -3.82. The molecule has 0 aliphatic heterocycles. The average Bonchev–Trinajstić information content (AvgIpc) is 2.83. The van der Waals surface area contributed by atoms with Crippen molar-refractivity contribution in [2.75, 3.05) is 13.2 Å². The number of hydrogen-bond acceptors (Lipinski definition) is 6. The van der Waals surface area contributed by atoms with E-state index in [2.05, 4.69) is 0 Å². The summed E-state index contributed by atoms with van der Waals surface area (Å²) in [6, 6.07) is 4.63. The summed E-state index contributed by atoms with van der Waals surface area (Å²) in [6.07, 6.45) is 1.33. The zero-order valence-electron chi connectivity index (χ0n) is 10.1. The Hall–Kier alpha value is -1.54. The van der Waals surface area contributed by atoms with Crippen LogP contribution in [0.2, 0.25) is 0 Å². The first kappa shape index (κ1) is 14.5. The van der Waals surface area contributed by atoms with E-state index in [9.17, 15) is 9.67 Å². The minimum Gasteiger partial charge on any atom is -0.503 e. The van der Waals surface area contributed by atoms with Crippen molar-refractivity contribution in [2.45, 2.75) is 13.8 Å². The van der Waals surface area contributed by atoms with Gasteiger partial charge in [-0.2, -0.15) is 5.26 Å². The molecule has 0 amide bonds. The molecule has 0 radical (unpaired) electrons. The Morgan fingerprint density at radius 2 is 2.11 bits per heavy atom. The highest BCUT2D eigenvalue weighted by atomic mass is 31.2. The molecule has 0 spiro atoms. The van der Waals surface area contributed by atoms with Crippen molar-refractivity contribution in [3.05, 3.63) is 29.5 Å². The van der Waals surface area contributed by atoms with Gasteiger partial charge in [-0.25, -0.2) is 0 Å². The van der Waals surface area contributed by atoms with Crippen LogP contribution in [0.4, 0.5) is 0 Å². The van der Waals surface area contributed by atoms with E-state index in [0.717, 1.165) is 0 Å². The number of nitrogens with zero attached hydrogens (tertiary/aromatic N) is 1. The Balaban J connectivity index is 3.27. The first-order chi connectivity index (χ1) is 8.59. The summed E-state index contributed by atoms with van der Waals surface area (Å²) >= 11 is 0. The van der Waals surface area contributed by atoms with Gasteiger partial charge in [0.05, 0.1) is 19.5 Å². The summed E-state index contributed by atoms with van der Waals surface area (Å²) in [5.41, 5.74) is 0. The SMILES string of the molecule is CCOP(=O)(OCC)/C(C#N)=C(/O)c1ccco1. The van der Waals surface area contributed by atoms with Crippen LogP contribution in [-0.2, 0) is 13.6 Å². The van der Waals surface area contributed by atoms with Gasteiger partial charge >= 0.3 is 7.60 Å². The van der Waals surface area contributed by atoms with E-state index in [1.165, 1.54) is 18.4 Å². The van der Waals surface area contributed by atoms with Gasteiger partial charge in [-0.3, -0.25) is 4.57 Å². The summed E-state index contributed by atoms with van der Waals surface area (Å²) in [5.74, 6) is -0.501. The molecule has 0 atom stereocenters. The Morgan fingerprint density at radius 3 is 2.50 bits per heavy atom. The highest BCUT2D eigenvalue weighted by Gasteiger charge is 2.34. The van der Waals surface area contributed by atoms with Crippen LogP contribution >= 0.6 is 7.60 Å². The van der Waals surface area contributed by atoms with E-state index in [1.54, 1.807) is 19.9 Å². The van der Waals surface area contributed by atoms with Crippen molar-refractivity contribution in [1.82, 2.24) is 0 Å². The van der Waals surface area contributed by atoms with Crippen LogP contribution in [0.25, 0.3) is 5.76 Å². The molecule has 6 nitrogen and oxygen atoms in total. The highest BCUT2D eigenvalue weighted by Crippen LogP contribution is 2.57. The number of aliphatic hydroxyl groups is 1. The predicted molar refractivity (Wildman–Crippen MR) is 64.7 cm³/mol. The number of hydrogen-bond donors (Lipinski definition) is 1. The molecule has 0 bridgehead atoms. The fourth-order valence-electron chi connectivity index (χ4n) is 1.28. The lowest BCUT2D eigenvalue weighted by Gasteiger charge is -2.16. The second kappa shape index (κ2) is 6.41. The molecule has 0 aromatic carbocycles. The molecular weight excluding hydrogens is 257 g/mol. The van der Waals surface area contributed by atoms with E-state index in [0.29, 0.717) is 0 Å². The average molecular weight is 271 g/mol. The molecule has 0 unspecified atom stereocenters. The van der Waals surface area contributed by atoms with Gasteiger partial charge in [-0.05, 0) is 26.0 Å². The van der Waals surface area contributed by atoms with Gasteiger partial charge < -0.3 is 18.6 Å². The van der Waals surface area contributed by atoms with Crippen molar-refractivity contribution in [3.63, 3.8) is 0 Å². The van der Waals surface area contributed by atoms with E-state index in [4.69, 9.17) is 18.7 Å². The van der Waals surface area contributed by atoms with Gasteiger partial charge in [0.25, 0.3) is 0 Å². The molecule has 18 heavy (non-hydrogen) atoms. The maximum atomic E-state index is 12.4. The maximum absolute atomic E-state index is 12.4. The molecule has 1 rings (SSSR count). The third-order valence-corrected chi connectivity index (χ3v) is 4.01. The molecule has 0 aliphatic rings. The van der Waals surface area contributed by atoms with E-state index in [1.807, 2.05) is 0 Å². The van der Waals surface area contributed by atoms with Gasteiger partial charge in [0.15, 0.2) is 16.8 Å². The minimum absolute atomic E-state index is 0.0335. The zero-order chi connectivity index (χ0) is 13.6. The first-order valence-corrected chi connectivity index (χ1v) is 6.90. The summed E-state index contributed by atoms with van der Waals surface area (Å²) in [4.78, 5) is 0. The van der Waals surface area contributed by atoms with Crippen LogP contribution in [0.3, 0.4) is 0 Å². The van der Waals surface area contributed by atoms with Gasteiger partial charge in [0.1, 0.15) is 6.07 Å². The van der Waals surface area contributed by atoms with Gasteiger partial charge in [0, 0.05) is 0 Å². The molecular formula is C11H14NO5P. The molecule has 1 aromatic heterocycles. The van der Waals surface area contributed by atoms with Gasteiger partial charge in [0.2, 0.25) is 0 Å². The fourth-order valence-corrected chi connectivity index (χ4v) is 2.78. The normalized spacial score (nSPS) is 12.9. The fraction of sp³-hybridized carbons (Fsp3) is 0.364. The standard InChI is InChI=1S/C11H14NO5P/c1-3-16-18(14,17-4-2)10(8-12)11(13)9-6-5-7-15-9/h5-7,13H,3-4H2,1-2H3/b11-10+. The Morgan fingerprint density at radius 1 is 1.50 bits per heavy atom. The van der Waals surface area contributed by atoms with E-state index < -0.39 is 18.7 Å². The van der Waals surface area contributed by atoms with Crippen molar-refractivity contribution in [3.8, 4) is 6.07 Å². The summed E-state index contributed by atoms with van der Waals surface area (Å²) in [5, 5.41) is 18.5. The van der Waals surface area contributed by atoms with E-state index in [-0.39, 0.29) is 19.0 Å². The number of aliphatic hydroxyl groups excluding tert-OH is 1.